The summed E-state index contributed by atoms with van der Waals surface area (Å²) in [6, 6.07) is 8.76. The van der Waals surface area contributed by atoms with Crippen LogP contribution in [0.1, 0.15) is 18.7 Å². The Morgan fingerprint density at radius 1 is 1.33 bits per heavy atom. The molecule has 0 aliphatic heterocycles. The number of hydrogen-bond donors (Lipinski definition) is 2. The first-order valence-corrected chi connectivity index (χ1v) is 6.40. The predicted octanol–water partition coefficient (Wildman–Crippen LogP) is 2.76. The number of furan rings is 1. The molecule has 0 radical (unpaired) electrons. The summed E-state index contributed by atoms with van der Waals surface area (Å²) in [6.07, 6.45) is -4.33. The third-order valence-corrected chi connectivity index (χ3v) is 2.86. The van der Waals surface area contributed by atoms with Crippen LogP contribution in [0.5, 0.6) is 0 Å². The van der Waals surface area contributed by atoms with E-state index in [1.165, 1.54) is 0 Å². The van der Waals surface area contributed by atoms with E-state index in [-0.39, 0.29) is 0 Å². The highest BCUT2D eigenvalue weighted by Crippen LogP contribution is 2.23. The molecule has 21 heavy (non-hydrogen) atoms. The molecule has 0 saturated heterocycles. The Labute approximate surface area is 119 Å². The Bertz CT molecular complexity index is 589. The molecule has 0 bridgehead atoms. The van der Waals surface area contributed by atoms with Crippen LogP contribution < -0.4 is 10.6 Å². The third-order valence-electron chi connectivity index (χ3n) is 2.86. The summed E-state index contributed by atoms with van der Waals surface area (Å²) in [5, 5.41) is 5.53. The van der Waals surface area contributed by atoms with Gasteiger partial charge in [-0.3, -0.25) is 4.79 Å². The van der Waals surface area contributed by atoms with Gasteiger partial charge < -0.3 is 15.1 Å². The van der Waals surface area contributed by atoms with Gasteiger partial charge in [-0.2, -0.15) is 13.2 Å². The van der Waals surface area contributed by atoms with Crippen molar-refractivity contribution in [2.45, 2.75) is 19.1 Å². The average molecular weight is 300 g/mol. The molecule has 0 saturated carbocycles. The number of benzene rings is 1. The first-order valence-electron chi connectivity index (χ1n) is 6.40. The Morgan fingerprint density at radius 3 is 2.71 bits per heavy atom. The Hall–Kier alpha value is -2.02. The molecule has 2 aromatic rings. The first kappa shape index (κ1) is 15.4. The standard InChI is InChI=1S/C14H15F3N2O2/c1-9(19-13(20)7-18-8-14(15,16)17)12-6-10-4-2-3-5-11(10)21-12/h2-6,9,18H,7-8H2,1H3,(H,19,20). The number of alkyl halides is 3. The highest BCUT2D eigenvalue weighted by molar-refractivity contribution is 5.80. The van der Waals surface area contributed by atoms with Gasteiger partial charge in [0.05, 0.1) is 19.1 Å². The van der Waals surface area contributed by atoms with Crippen molar-refractivity contribution >= 4 is 16.9 Å². The van der Waals surface area contributed by atoms with Gasteiger partial charge in [-0.05, 0) is 19.1 Å². The smallest absolute Gasteiger partial charge is 0.401 e. The van der Waals surface area contributed by atoms with Crippen LogP contribution in [0.15, 0.2) is 34.7 Å². The quantitative estimate of drug-likeness (QED) is 0.892. The molecule has 4 nitrogen and oxygen atoms in total. The second-order valence-corrected chi connectivity index (χ2v) is 4.69. The van der Waals surface area contributed by atoms with E-state index in [1.807, 2.05) is 23.5 Å². The molecule has 0 spiro atoms. The monoisotopic (exact) mass is 300 g/mol. The molecule has 1 amide bonds. The summed E-state index contributed by atoms with van der Waals surface area (Å²) >= 11 is 0. The summed E-state index contributed by atoms with van der Waals surface area (Å²) in [6.45, 7) is 0.114. The normalized spacial score (nSPS) is 13.3. The number of hydrogen-bond acceptors (Lipinski definition) is 3. The molecule has 2 rings (SSSR count). The third kappa shape index (κ3) is 4.49. The summed E-state index contributed by atoms with van der Waals surface area (Å²) in [5.41, 5.74) is 0.698. The highest BCUT2D eigenvalue weighted by atomic mass is 19.4. The van der Waals surface area contributed by atoms with Gasteiger partial charge in [0, 0.05) is 5.39 Å². The maximum Gasteiger partial charge on any atom is 0.401 e. The van der Waals surface area contributed by atoms with E-state index in [4.69, 9.17) is 4.42 Å². The van der Waals surface area contributed by atoms with Gasteiger partial charge in [-0.1, -0.05) is 18.2 Å². The summed E-state index contributed by atoms with van der Waals surface area (Å²) in [5.74, 6) is 0.0348. The van der Waals surface area contributed by atoms with Crippen molar-refractivity contribution in [2.75, 3.05) is 13.1 Å². The van der Waals surface area contributed by atoms with Crippen molar-refractivity contribution in [2.24, 2.45) is 0 Å². The molecule has 1 atom stereocenters. The zero-order valence-corrected chi connectivity index (χ0v) is 11.3. The lowest BCUT2D eigenvalue weighted by atomic mass is 10.2. The maximum atomic E-state index is 11.9. The lowest BCUT2D eigenvalue weighted by molar-refractivity contribution is -0.128. The molecule has 1 aromatic carbocycles. The Kier molecular flexibility index (Phi) is 4.52. The number of rotatable bonds is 5. The van der Waals surface area contributed by atoms with Crippen molar-refractivity contribution in [1.82, 2.24) is 10.6 Å². The molecule has 1 aromatic heterocycles. The molecule has 7 heteroatoms. The van der Waals surface area contributed by atoms with Crippen LogP contribution in [-0.2, 0) is 4.79 Å². The van der Waals surface area contributed by atoms with Crippen molar-refractivity contribution in [1.29, 1.82) is 0 Å². The highest BCUT2D eigenvalue weighted by Gasteiger charge is 2.26. The second kappa shape index (κ2) is 6.17. The minimum absolute atomic E-state index is 0.399. The molecular weight excluding hydrogens is 285 g/mol. The van der Waals surface area contributed by atoms with Gasteiger partial charge in [0.25, 0.3) is 0 Å². The molecule has 114 valence electrons. The molecule has 0 aliphatic rings. The molecular formula is C14H15F3N2O2. The number of para-hydroxylation sites is 1. The number of nitrogens with one attached hydrogen (secondary N) is 2. The first-order chi connectivity index (χ1) is 9.85. The zero-order valence-electron chi connectivity index (χ0n) is 11.3. The van der Waals surface area contributed by atoms with Gasteiger partial charge in [0.15, 0.2) is 0 Å². The second-order valence-electron chi connectivity index (χ2n) is 4.69. The lowest BCUT2D eigenvalue weighted by Gasteiger charge is -2.12. The van der Waals surface area contributed by atoms with Gasteiger partial charge in [0.1, 0.15) is 11.3 Å². The topological polar surface area (TPSA) is 54.3 Å². The van der Waals surface area contributed by atoms with Crippen molar-refractivity contribution in [3.8, 4) is 0 Å². The minimum Gasteiger partial charge on any atom is -0.459 e. The van der Waals surface area contributed by atoms with E-state index in [0.29, 0.717) is 11.3 Å². The molecule has 1 unspecified atom stereocenters. The number of halogens is 3. The van der Waals surface area contributed by atoms with Crippen LogP contribution in [0.25, 0.3) is 11.0 Å². The number of carbonyl (C=O) groups excluding carboxylic acids is 1. The molecule has 1 heterocycles. The molecule has 0 fully saturated rings. The SMILES string of the molecule is CC(NC(=O)CNCC(F)(F)F)c1cc2ccccc2o1. The fourth-order valence-electron chi connectivity index (χ4n) is 1.90. The maximum absolute atomic E-state index is 11.9. The van der Waals surface area contributed by atoms with Crippen LogP contribution in [0.3, 0.4) is 0 Å². The van der Waals surface area contributed by atoms with Crippen molar-refractivity contribution < 1.29 is 22.4 Å². The molecule has 0 aliphatic carbocycles. The fraction of sp³-hybridized carbons (Fsp3) is 0.357. The zero-order chi connectivity index (χ0) is 15.5. The van der Waals surface area contributed by atoms with Crippen LogP contribution in [0, 0.1) is 0 Å². The summed E-state index contributed by atoms with van der Waals surface area (Å²) in [7, 11) is 0. The van der Waals surface area contributed by atoms with Gasteiger partial charge in [-0.25, -0.2) is 0 Å². The Balaban J connectivity index is 1.88. The summed E-state index contributed by atoms with van der Waals surface area (Å²) in [4.78, 5) is 11.5. The van der Waals surface area contributed by atoms with Crippen LogP contribution in [0.2, 0.25) is 0 Å². The largest absolute Gasteiger partial charge is 0.459 e. The fourth-order valence-corrected chi connectivity index (χ4v) is 1.90. The van der Waals surface area contributed by atoms with Crippen LogP contribution >= 0.6 is 0 Å². The number of amides is 1. The van der Waals surface area contributed by atoms with E-state index < -0.39 is 31.2 Å². The molecule has 2 N–H and O–H groups in total. The van der Waals surface area contributed by atoms with E-state index in [0.717, 1.165) is 5.39 Å². The Morgan fingerprint density at radius 2 is 2.05 bits per heavy atom. The predicted molar refractivity (Wildman–Crippen MR) is 71.7 cm³/mol. The van der Waals surface area contributed by atoms with Crippen molar-refractivity contribution in [3.05, 3.63) is 36.1 Å². The average Bonchev–Trinajstić information content (AvgIpc) is 2.80. The summed E-state index contributed by atoms with van der Waals surface area (Å²) < 4.78 is 41.4. The van der Waals surface area contributed by atoms with E-state index >= 15 is 0 Å². The van der Waals surface area contributed by atoms with Gasteiger partial charge >= 0.3 is 6.18 Å². The minimum atomic E-state index is -4.33. The van der Waals surface area contributed by atoms with Gasteiger partial charge in [0.2, 0.25) is 5.91 Å². The van der Waals surface area contributed by atoms with E-state index in [1.54, 1.807) is 19.1 Å². The lowest BCUT2D eigenvalue weighted by Crippen LogP contribution is -2.39. The van der Waals surface area contributed by atoms with Gasteiger partial charge in [-0.15, -0.1) is 0 Å². The van der Waals surface area contributed by atoms with Crippen LogP contribution in [0.4, 0.5) is 13.2 Å². The van der Waals surface area contributed by atoms with Crippen LogP contribution in [-0.4, -0.2) is 25.2 Å². The van der Waals surface area contributed by atoms with E-state index in [2.05, 4.69) is 5.32 Å². The van der Waals surface area contributed by atoms with E-state index in [9.17, 15) is 18.0 Å². The van der Waals surface area contributed by atoms with Crippen molar-refractivity contribution in [3.63, 3.8) is 0 Å². The number of carbonyl (C=O) groups is 1. The number of fused-ring (bicyclic) bond motifs is 1.